The van der Waals surface area contributed by atoms with Gasteiger partial charge in [0, 0.05) is 22.0 Å². The molecule has 0 amide bonds. The van der Waals surface area contributed by atoms with Crippen LogP contribution in [0.25, 0.3) is 44.3 Å². The molecule has 0 fully saturated rings. The monoisotopic (exact) mass is 517 g/mol. The minimum atomic E-state index is 0.911. The molecule has 1 aromatic heterocycles. The molecule has 0 aliphatic heterocycles. The van der Waals surface area contributed by atoms with E-state index in [-0.39, 0.29) is 0 Å². The number of aliphatic imine (C=N–C) groups is 1. The quantitative estimate of drug-likeness (QED) is 0.153. The fraction of sp³-hybridized carbons (Fsp3) is 0.0789. The Labute approximate surface area is 235 Å². The van der Waals surface area contributed by atoms with Gasteiger partial charge in [0.25, 0.3) is 0 Å². The number of para-hydroxylation sites is 1. The Morgan fingerprint density at radius 3 is 1.98 bits per heavy atom. The number of hydrogen-bond donors (Lipinski definition) is 0. The molecule has 2 heteroatoms. The van der Waals surface area contributed by atoms with E-state index in [2.05, 4.69) is 135 Å². The summed E-state index contributed by atoms with van der Waals surface area (Å²) in [5.41, 5.74) is 10.6. The predicted octanol–water partition coefficient (Wildman–Crippen LogP) is 10.6. The smallest absolute Gasteiger partial charge is 0.135 e. The molecule has 0 aliphatic rings. The lowest BCUT2D eigenvalue weighted by molar-refractivity contribution is 0.669. The second-order valence-electron chi connectivity index (χ2n) is 9.91. The van der Waals surface area contributed by atoms with Crippen molar-refractivity contribution < 1.29 is 4.42 Å². The molecular weight excluding hydrogens is 486 g/mol. The zero-order valence-corrected chi connectivity index (χ0v) is 22.8. The van der Waals surface area contributed by atoms with Crippen LogP contribution in [-0.2, 0) is 0 Å². The van der Waals surface area contributed by atoms with E-state index in [0.29, 0.717) is 0 Å². The number of rotatable bonds is 7. The number of fused-ring (bicyclic) bond motifs is 3. The minimum absolute atomic E-state index is 0.911. The van der Waals surface area contributed by atoms with Crippen molar-refractivity contribution in [2.24, 2.45) is 4.99 Å². The van der Waals surface area contributed by atoms with Gasteiger partial charge in [-0.2, -0.15) is 0 Å². The van der Waals surface area contributed by atoms with Crippen molar-refractivity contribution in [2.45, 2.75) is 20.3 Å². The summed E-state index contributed by atoms with van der Waals surface area (Å²) in [6.07, 6.45) is 5.42. The number of allylic oxidation sites excluding steroid dienone is 3. The van der Waals surface area contributed by atoms with Gasteiger partial charge in [-0.3, -0.25) is 4.99 Å². The molecule has 0 atom stereocenters. The van der Waals surface area contributed by atoms with E-state index in [1.807, 2.05) is 18.2 Å². The summed E-state index contributed by atoms with van der Waals surface area (Å²) in [5.74, 6) is 0. The first kappa shape index (κ1) is 25.3. The van der Waals surface area contributed by atoms with E-state index in [9.17, 15) is 0 Å². The second-order valence-corrected chi connectivity index (χ2v) is 9.91. The first-order chi connectivity index (χ1) is 19.7. The first-order valence-corrected chi connectivity index (χ1v) is 13.8. The second kappa shape index (κ2) is 11.4. The Hall–Kier alpha value is -4.95. The van der Waals surface area contributed by atoms with Crippen LogP contribution in [0.15, 0.2) is 149 Å². The fourth-order valence-corrected chi connectivity index (χ4v) is 5.10. The van der Waals surface area contributed by atoms with Gasteiger partial charge in [-0.05, 0) is 65.4 Å². The minimum Gasteiger partial charge on any atom is -0.456 e. The van der Waals surface area contributed by atoms with Gasteiger partial charge < -0.3 is 4.42 Å². The largest absolute Gasteiger partial charge is 0.456 e. The van der Waals surface area contributed by atoms with Gasteiger partial charge in [0.15, 0.2) is 0 Å². The molecule has 2 nitrogen and oxygen atoms in total. The van der Waals surface area contributed by atoms with Crippen LogP contribution in [-0.4, -0.2) is 5.71 Å². The molecule has 5 aromatic carbocycles. The highest BCUT2D eigenvalue weighted by atomic mass is 16.3. The first-order valence-electron chi connectivity index (χ1n) is 13.8. The molecule has 0 unspecified atom stereocenters. The molecule has 6 rings (SSSR count). The number of benzene rings is 5. The van der Waals surface area contributed by atoms with Crippen LogP contribution in [0.2, 0.25) is 0 Å². The van der Waals surface area contributed by atoms with Crippen molar-refractivity contribution in [1.29, 1.82) is 0 Å². The zero-order valence-electron chi connectivity index (χ0n) is 22.8. The van der Waals surface area contributed by atoms with Crippen LogP contribution in [0.1, 0.15) is 37.0 Å². The summed E-state index contributed by atoms with van der Waals surface area (Å²) in [5, 5.41) is 2.28. The van der Waals surface area contributed by atoms with Crippen molar-refractivity contribution >= 4 is 38.9 Å². The van der Waals surface area contributed by atoms with E-state index in [1.54, 1.807) is 0 Å². The maximum atomic E-state index is 6.03. The van der Waals surface area contributed by atoms with Crippen LogP contribution >= 0.6 is 0 Å². The molecule has 40 heavy (non-hydrogen) atoms. The molecule has 0 aliphatic carbocycles. The Kier molecular flexibility index (Phi) is 7.24. The molecular formula is C38H31NO. The third kappa shape index (κ3) is 5.30. The lowest BCUT2D eigenvalue weighted by Gasteiger charge is -2.10. The van der Waals surface area contributed by atoms with Gasteiger partial charge in [-0.1, -0.05) is 122 Å². The summed E-state index contributed by atoms with van der Waals surface area (Å²) < 4.78 is 6.03. The fourth-order valence-electron chi connectivity index (χ4n) is 5.10. The van der Waals surface area contributed by atoms with Crippen LogP contribution in [0, 0.1) is 0 Å². The third-order valence-electron chi connectivity index (χ3n) is 7.19. The Bertz CT molecular complexity index is 1850. The van der Waals surface area contributed by atoms with E-state index in [4.69, 9.17) is 9.41 Å². The average Bonchev–Trinajstić information content (AvgIpc) is 3.39. The summed E-state index contributed by atoms with van der Waals surface area (Å²) >= 11 is 0. The highest BCUT2D eigenvalue weighted by Gasteiger charge is 2.10. The van der Waals surface area contributed by atoms with E-state index < -0.39 is 0 Å². The SMILES string of the molecule is CC/C=C(/C=C(\N=C(C)c1ccccc1)c1ccc(-c2ccc3oc4ccccc4c3c2)cc1)c1ccccc1. The van der Waals surface area contributed by atoms with Crippen LogP contribution < -0.4 is 0 Å². The molecule has 0 saturated heterocycles. The van der Waals surface area contributed by atoms with Crippen LogP contribution in [0.5, 0.6) is 0 Å². The van der Waals surface area contributed by atoms with Gasteiger partial charge >= 0.3 is 0 Å². The zero-order chi connectivity index (χ0) is 27.3. The summed E-state index contributed by atoms with van der Waals surface area (Å²) in [7, 11) is 0. The van der Waals surface area contributed by atoms with E-state index in [0.717, 1.165) is 62.0 Å². The molecule has 0 radical (unpaired) electrons. The third-order valence-corrected chi connectivity index (χ3v) is 7.19. The number of furan rings is 1. The van der Waals surface area contributed by atoms with E-state index in [1.165, 1.54) is 11.1 Å². The van der Waals surface area contributed by atoms with Crippen molar-refractivity contribution in [2.75, 3.05) is 0 Å². The average molecular weight is 518 g/mol. The van der Waals surface area contributed by atoms with Crippen molar-refractivity contribution in [3.63, 3.8) is 0 Å². The molecule has 6 aromatic rings. The van der Waals surface area contributed by atoms with Crippen molar-refractivity contribution in [3.05, 3.63) is 156 Å². The standard InChI is InChI=1S/C38H31NO/c1-3-12-32(29-15-8-5-9-16-29)26-36(39-27(2)28-13-6-4-7-14-28)31-21-19-30(20-22-31)33-23-24-38-35(25-33)34-17-10-11-18-37(34)40-38/h4-26H,3H2,1-2H3/b32-12-,36-26-,39-27?. The highest BCUT2D eigenvalue weighted by Crippen LogP contribution is 2.33. The van der Waals surface area contributed by atoms with Gasteiger partial charge in [-0.15, -0.1) is 0 Å². The normalized spacial score (nSPS) is 12.8. The number of hydrogen-bond acceptors (Lipinski definition) is 2. The maximum absolute atomic E-state index is 6.03. The van der Waals surface area contributed by atoms with Gasteiger partial charge in [0.2, 0.25) is 0 Å². The summed E-state index contributed by atoms with van der Waals surface area (Å²) in [6.45, 7) is 4.25. The molecule has 1 heterocycles. The Balaban J connectivity index is 1.41. The molecule has 0 N–H and O–H groups in total. The van der Waals surface area contributed by atoms with Crippen molar-refractivity contribution in [3.8, 4) is 11.1 Å². The molecule has 0 spiro atoms. The molecule has 0 bridgehead atoms. The Morgan fingerprint density at radius 1 is 0.625 bits per heavy atom. The summed E-state index contributed by atoms with van der Waals surface area (Å²) in [4.78, 5) is 5.16. The Morgan fingerprint density at radius 2 is 1.25 bits per heavy atom. The van der Waals surface area contributed by atoms with Crippen molar-refractivity contribution in [1.82, 2.24) is 0 Å². The van der Waals surface area contributed by atoms with E-state index >= 15 is 0 Å². The summed E-state index contributed by atoms with van der Waals surface area (Å²) in [6, 6.07) is 44.2. The van der Waals surface area contributed by atoms with Crippen LogP contribution in [0.3, 0.4) is 0 Å². The lowest BCUT2D eigenvalue weighted by Crippen LogP contribution is -1.96. The lowest BCUT2D eigenvalue weighted by atomic mass is 9.98. The van der Waals surface area contributed by atoms with Gasteiger partial charge in [-0.25, -0.2) is 0 Å². The molecule has 0 saturated carbocycles. The van der Waals surface area contributed by atoms with Crippen LogP contribution in [0.4, 0.5) is 0 Å². The predicted molar refractivity (Wildman–Crippen MR) is 170 cm³/mol. The number of nitrogens with zero attached hydrogens (tertiary/aromatic N) is 1. The topological polar surface area (TPSA) is 25.5 Å². The van der Waals surface area contributed by atoms with Gasteiger partial charge in [0.1, 0.15) is 11.2 Å². The molecule has 194 valence electrons. The maximum Gasteiger partial charge on any atom is 0.135 e. The highest BCUT2D eigenvalue weighted by molar-refractivity contribution is 6.06. The van der Waals surface area contributed by atoms with Gasteiger partial charge in [0.05, 0.1) is 5.70 Å².